The predicted octanol–water partition coefficient (Wildman–Crippen LogP) is 1.53. The van der Waals surface area contributed by atoms with E-state index >= 15 is 0 Å². The quantitative estimate of drug-likeness (QED) is 0.532. The number of nitrogens with zero attached hydrogens (tertiary/aromatic N) is 2. The van der Waals surface area contributed by atoms with Crippen LogP contribution in [0.3, 0.4) is 0 Å². The molecular formula is C11H12N2O3. The Bertz CT molecular complexity index is 482. The number of likely N-dealkylation sites (N-methyl/N-ethyl adjacent to an activating group) is 1. The van der Waals surface area contributed by atoms with Gasteiger partial charge < -0.3 is 4.90 Å². The van der Waals surface area contributed by atoms with E-state index in [1.54, 1.807) is 24.9 Å². The van der Waals surface area contributed by atoms with E-state index in [1.807, 2.05) is 0 Å². The van der Waals surface area contributed by atoms with Crippen molar-refractivity contribution in [1.29, 1.82) is 0 Å². The number of rotatable bonds is 1. The summed E-state index contributed by atoms with van der Waals surface area (Å²) in [7, 11) is 1.71. The number of hydrogen-bond donors (Lipinski definition) is 0. The van der Waals surface area contributed by atoms with Gasteiger partial charge in [0, 0.05) is 30.8 Å². The zero-order valence-electron chi connectivity index (χ0n) is 9.19. The highest BCUT2D eigenvalue weighted by Gasteiger charge is 2.25. The number of carbonyl (C=O) groups excluding carboxylic acids is 1. The van der Waals surface area contributed by atoms with Crippen LogP contribution in [0.1, 0.15) is 21.5 Å². The van der Waals surface area contributed by atoms with E-state index < -0.39 is 4.92 Å². The summed E-state index contributed by atoms with van der Waals surface area (Å²) >= 11 is 0. The number of aryl methyl sites for hydroxylation is 1. The number of amides is 1. The van der Waals surface area contributed by atoms with Crippen LogP contribution < -0.4 is 0 Å². The minimum Gasteiger partial charge on any atom is -0.341 e. The number of hydrogen-bond acceptors (Lipinski definition) is 3. The number of benzene rings is 1. The van der Waals surface area contributed by atoms with Crippen LogP contribution in [-0.4, -0.2) is 29.3 Å². The average molecular weight is 220 g/mol. The van der Waals surface area contributed by atoms with Gasteiger partial charge in [0.15, 0.2) is 0 Å². The van der Waals surface area contributed by atoms with E-state index in [1.165, 1.54) is 6.07 Å². The molecule has 0 unspecified atom stereocenters. The van der Waals surface area contributed by atoms with Crippen molar-refractivity contribution in [3.8, 4) is 0 Å². The van der Waals surface area contributed by atoms with Gasteiger partial charge >= 0.3 is 0 Å². The Morgan fingerprint density at radius 1 is 1.44 bits per heavy atom. The van der Waals surface area contributed by atoms with Gasteiger partial charge in [-0.25, -0.2) is 0 Å². The molecule has 0 aliphatic carbocycles. The molecule has 1 aromatic carbocycles. The van der Waals surface area contributed by atoms with Crippen LogP contribution in [0.2, 0.25) is 0 Å². The summed E-state index contributed by atoms with van der Waals surface area (Å²) < 4.78 is 0. The number of nitro groups is 1. The zero-order chi connectivity index (χ0) is 11.9. The van der Waals surface area contributed by atoms with Crippen molar-refractivity contribution in [1.82, 2.24) is 4.90 Å². The van der Waals surface area contributed by atoms with Gasteiger partial charge in [-0.15, -0.1) is 0 Å². The summed E-state index contributed by atoms with van der Waals surface area (Å²) in [5.74, 6) is -0.135. The van der Waals surface area contributed by atoms with E-state index in [-0.39, 0.29) is 11.6 Å². The monoisotopic (exact) mass is 220 g/mol. The first-order valence-electron chi connectivity index (χ1n) is 5.04. The van der Waals surface area contributed by atoms with Crippen molar-refractivity contribution in [3.63, 3.8) is 0 Å². The smallest absolute Gasteiger partial charge is 0.273 e. The van der Waals surface area contributed by atoms with Crippen molar-refractivity contribution >= 4 is 11.6 Å². The molecule has 0 atom stereocenters. The van der Waals surface area contributed by atoms with Gasteiger partial charge in [-0.2, -0.15) is 0 Å². The van der Waals surface area contributed by atoms with Gasteiger partial charge in [0.25, 0.3) is 11.6 Å². The topological polar surface area (TPSA) is 63.5 Å². The van der Waals surface area contributed by atoms with Gasteiger partial charge in [0.05, 0.1) is 4.92 Å². The molecule has 0 fully saturated rings. The lowest BCUT2D eigenvalue weighted by molar-refractivity contribution is -0.385. The second kappa shape index (κ2) is 3.59. The fourth-order valence-electron chi connectivity index (χ4n) is 1.95. The SMILES string of the molecule is Cc1cc2c(cc1[N+](=O)[O-])C(=O)N(C)CC2. The highest BCUT2D eigenvalue weighted by molar-refractivity contribution is 5.97. The van der Waals surface area contributed by atoms with Gasteiger partial charge in [0.1, 0.15) is 0 Å². The molecule has 84 valence electrons. The van der Waals surface area contributed by atoms with Crippen LogP contribution in [0.5, 0.6) is 0 Å². The molecule has 1 aromatic rings. The molecule has 0 bridgehead atoms. The Balaban J connectivity index is 2.59. The first kappa shape index (κ1) is 10.6. The largest absolute Gasteiger partial charge is 0.341 e. The van der Waals surface area contributed by atoms with Crippen molar-refractivity contribution < 1.29 is 9.72 Å². The van der Waals surface area contributed by atoms with Crippen molar-refractivity contribution in [2.24, 2.45) is 0 Å². The molecule has 0 saturated carbocycles. The van der Waals surface area contributed by atoms with Crippen molar-refractivity contribution in [2.45, 2.75) is 13.3 Å². The molecule has 1 aliphatic heterocycles. The highest BCUT2D eigenvalue weighted by Crippen LogP contribution is 2.26. The molecule has 0 spiro atoms. The minimum atomic E-state index is -0.447. The maximum Gasteiger partial charge on any atom is 0.273 e. The lowest BCUT2D eigenvalue weighted by atomic mass is 9.96. The van der Waals surface area contributed by atoms with Crippen LogP contribution in [0.4, 0.5) is 5.69 Å². The van der Waals surface area contributed by atoms with E-state index in [0.29, 0.717) is 17.7 Å². The fraction of sp³-hybridized carbons (Fsp3) is 0.364. The second-order valence-corrected chi connectivity index (χ2v) is 4.03. The zero-order valence-corrected chi connectivity index (χ0v) is 9.19. The van der Waals surface area contributed by atoms with Gasteiger partial charge in [-0.3, -0.25) is 14.9 Å². The molecule has 1 heterocycles. The number of carbonyl (C=O) groups is 1. The standard InChI is InChI=1S/C11H12N2O3/c1-7-5-8-3-4-12(2)11(14)9(8)6-10(7)13(15)16/h5-6H,3-4H2,1-2H3. The summed E-state index contributed by atoms with van der Waals surface area (Å²) in [6, 6.07) is 3.14. The molecule has 1 amide bonds. The fourth-order valence-corrected chi connectivity index (χ4v) is 1.95. The molecule has 16 heavy (non-hydrogen) atoms. The Morgan fingerprint density at radius 3 is 2.75 bits per heavy atom. The maximum absolute atomic E-state index is 11.8. The number of nitro benzene ring substituents is 1. The normalized spacial score (nSPS) is 14.9. The lowest BCUT2D eigenvalue weighted by Crippen LogP contribution is -2.34. The van der Waals surface area contributed by atoms with E-state index in [9.17, 15) is 14.9 Å². The van der Waals surface area contributed by atoms with Crippen LogP contribution >= 0.6 is 0 Å². The van der Waals surface area contributed by atoms with Crippen molar-refractivity contribution in [3.05, 3.63) is 38.9 Å². The van der Waals surface area contributed by atoms with E-state index in [2.05, 4.69) is 0 Å². The van der Waals surface area contributed by atoms with Crippen LogP contribution in [0.15, 0.2) is 12.1 Å². The van der Waals surface area contributed by atoms with Crippen LogP contribution in [-0.2, 0) is 6.42 Å². The summed E-state index contributed by atoms with van der Waals surface area (Å²) in [6.07, 6.45) is 0.760. The summed E-state index contributed by atoms with van der Waals surface area (Å²) in [6.45, 7) is 2.37. The van der Waals surface area contributed by atoms with Gasteiger partial charge in [0.2, 0.25) is 0 Å². The maximum atomic E-state index is 11.8. The molecule has 1 aliphatic rings. The van der Waals surface area contributed by atoms with Gasteiger partial charge in [-0.05, 0) is 25.0 Å². The predicted molar refractivity (Wildman–Crippen MR) is 58.5 cm³/mol. The third-order valence-corrected chi connectivity index (χ3v) is 2.91. The first-order chi connectivity index (χ1) is 7.50. The molecule has 0 saturated heterocycles. The molecule has 0 aromatic heterocycles. The molecular weight excluding hydrogens is 208 g/mol. The third kappa shape index (κ3) is 1.54. The molecule has 2 rings (SSSR count). The molecule has 5 nitrogen and oxygen atoms in total. The third-order valence-electron chi connectivity index (χ3n) is 2.91. The Morgan fingerprint density at radius 2 is 2.12 bits per heavy atom. The van der Waals surface area contributed by atoms with Crippen LogP contribution in [0, 0.1) is 17.0 Å². The minimum absolute atomic E-state index is 0.0161. The molecule has 0 N–H and O–H groups in total. The summed E-state index contributed by atoms with van der Waals surface area (Å²) in [5.41, 5.74) is 2.00. The average Bonchev–Trinajstić information content (AvgIpc) is 2.23. The Labute approximate surface area is 92.8 Å². The lowest BCUT2D eigenvalue weighted by Gasteiger charge is -2.24. The second-order valence-electron chi connectivity index (χ2n) is 4.03. The van der Waals surface area contributed by atoms with E-state index in [4.69, 9.17) is 0 Å². The van der Waals surface area contributed by atoms with Gasteiger partial charge in [-0.1, -0.05) is 0 Å². The van der Waals surface area contributed by atoms with Crippen molar-refractivity contribution in [2.75, 3.05) is 13.6 Å². The highest BCUT2D eigenvalue weighted by atomic mass is 16.6. The Kier molecular flexibility index (Phi) is 2.38. The van der Waals surface area contributed by atoms with E-state index in [0.717, 1.165) is 12.0 Å². The molecule has 5 heteroatoms. The number of fused-ring (bicyclic) bond motifs is 1. The van der Waals surface area contributed by atoms with Crippen LogP contribution in [0.25, 0.3) is 0 Å². The molecule has 0 radical (unpaired) electrons. The summed E-state index contributed by atoms with van der Waals surface area (Å²) in [4.78, 5) is 23.7. The Hall–Kier alpha value is -1.91. The summed E-state index contributed by atoms with van der Waals surface area (Å²) in [5, 5.41) is 10.8. The first-order valence-corrected chi connectivity index (χ1v) is 5.04.